The van der Waals surface area contributed by atoms with Crippen molar-refractivity contribution in [2.24, 2.45) is 0 Å². The fraction of sp³-hybridized carbons (Fsp3) is 0.192. The third kappa shape index (κ3) is 4.88. The number of fused-ring (bicyclic) bond motifs is 1. The van der Waals surface area contributed by atoms with E-state index in [0.29, 0.717) is 63.9 Å². The number of benzene rings is 2. The van der Waals surface area contributed by atoms with Gasteiger partial charge in [0.15, 0.2) is 5.78 Å². The van der Waals surface area contributed by atoms with Gasteiger partial charge in [-0.25, -0.2) is 9.97 Å². The molecule has 1 saturated heterocycles. The molecule has 0 bridgehead atoms. The number of nitriles is 1. The molecule has 4 aromatic rings. The first kappa shape index (κ1) is 22.3. The molecule has 0 saturated carbocycles. The van der Waals surface area contributed by atoms with Gasteiger partial charge < -0.3 is 20.5 Å². The average molecular weight is 467 g/mol. The monoisotopic (exact) mass is 466 g/mol. The van der Waals surface area contributed by atoms with Gasteiger partial charge in [0, 0.05) is 29.6 Å². The van der Waals surface area contributed by atoms with Crippen LogP contribution in [-0.2, 0) is 11.2 Å². The van der Waals surface area contributed by atoms with Gasteiger partial charge in [0.05, 0.1) is 60.2 Å². The molecule has 9 heteroatoms. The Bertz CT molecular complexity index is 1410. The summed E-state index contributed by atoms with van der Waals surface area (Å²) in [5, 5.41) is 13.5. The number of aromatic nitrogens is 3. The van der Waals surface area contributed by atoms with Crippen molar-refractivity contribution >= 4 is 33.7 Å². The number of nitrogens with one attached hydrogen (secondary N) is 1. The predicted molar refractivity (Wildman–Crippen MR) is 131 cm³/mol. The zero-order chi connectivity index (χ0) is 24.2. The number of anilines is 3. The number of hydrogen-bond donors (Lipinski definition) is 2. The smallest absolute Gasteiger partial charge is 0.170 e. The Morgan fingerprint density at radius 3 is 2.69 bits per heavy atom. The Balaban J connectivity index is 1.39. The van der Waals surface area contributed by atoms with E-state index in [2.05, 4.69) is 26.3 Å². The second kappa shape index (κ2) is 9.75. The molecule has 0 radical (unpaired) electrons. The number of hydrogen-bond acceptors (Lipinski definition) is 9. The largest absolute Gasteiger partial charge is 0.486 e. The van der Waals surface area contributed by atoms with Crippen molar-refractivity contribution in [2.45, 2.75) is 18.9 Å². The number of rotatable bonds is 7. The minimum Gasteiger partial charge on any atom is -0.486 e. The highest BCUT2D eigenvalue weighted by Crippen LogP contribution is 2.35. The van der Waals surface area contributed by atoms with E-state index in [1.54, 1.807) is 36.7 Å². The van der Waals surface area contributed by atoms with Crippen molar-refractivity contribution in [1.82, 2.24) is 15.0 Å². The number of ketones is 1. The van der Waals surface area contributed by atoms with Gasteiger partial charge in [0.25, 0.3) is 0 Å². The van der Waals surface area contributed by atoms with Crippen LogP contribution >= 0.6 is 0 Å². The van der Waals surface area contributed by atoms with Gasteiger partial charge in [-0.1, -0.05) is 30.3 Å². The number of nitrogens with zero attached hydrogens (tertiary/aromatic N) is 4. The highest BCUT2D eigenvalue weighted by Gasteiger charge is 2.20. The summed E-state index contributed by atoms with van der Waals surface area (Å²) in [7, 11) is 0. The Morgan fingerprint density at radius 1 is 1.17 bits per heavy atom. The molecular weight excluding hydrogens is 444 g/mol. The van der Waals surface area contributed by atoms with E-state index in [1.165, 1.54) is 6.20 Å². The van der Waals surface area contributed by atoms with Crippen LogP contribution in [0.1, 0.15) is 28.2 Å². The van der Waals surface area contributed by atoms with E-state index in [-0.39, 0.29) is 18.3 Å². The van der Waals surface area contributed by atoms with Crippen LogP contribution in [0.5, 0.6) is 5.75 Å². The molecule has 35 heavy (non-hydrogen) atoms. The number of ether oxygens (including phenoxy) is 2. The molecular formula is C26H22N6O3. The van der Waals surface area contributed by atoms with Gasteiger partial charge in [-0.3, -0.25) is 9.78 Å². The quantitative estimate of drug-likeness (QED) is 0.308. The van der Waals surface area contributed by atoms with Crippen molar-refractivity contribution < 1.29 is 14.3 Å². The minimum atomic E-state index is -0.0594. The normalized spacial score (nSPS) is 15.0. The van der Waals surface area contributed by atoms with Crippen molar-refractivity contribution in [1.29, 1.82) is 5.26 Å². The van der Waals surface area contributed by atoms with Crippen LogP contribution in [0, 0.1) is 11.3 Å². The summed E-state index contributed by atoms with van der Waals surface area (Å²) < 4.78 is 11.3. The Morgan fingerprint density at radius 2 is 1.97 bits per heavy atom. The second-order valence-electron chi connectivity index (χ2n) is 8.15. The lowest BCUT2D eigenvalue weighted by Crippen LogP contribution is -2.16. The minimum absolute atomic E-state index is 0.0461. The number of nitrogens with two attached hydrogens (primary N) is 1. The van der Waals surface area contributed by atoms with Crippen LogP contribution in [-0.4, -0.2) is 40.1 Å². The van der Waals surface area contributed by atoms with E-state index in [4.69, 9.17) is 15.2 Å². The van der Waals surface area contributed by atoms with Gasteiger partial charge in [0.1, 0.15) is 23.7 Å². The van der Waals surface area contributed by atoms with Gasteiger partial charge >= 0.3 is 0 Å². The number of Topliss-reactive ketones (excluding diaryl/α,β-unsaturated/α-hetero) is 1. The first-order valence-corrected chi connectivity index (χ1v) is 11.1. The maximum Gasteiger partial charge on any atom is 0.170 e. The first-order valence-electron chi connectivity index (χ1n) is 11.1. The van der Waals surface area contributed by atoms with Gasteiger partial charge in [-0.05, 0) is 6.07 Å². The zero-order valence-electron chi connectivity index (χ0n) is 18.8. The molecule has 1 aliphatic rings. The van der Waals surface area contributed by atoms with Crippen LogP contribution in [0.3, 0.4) is 0 Å². The molecule has 1 aliphatic heterocycles. The molecule has 0 amide bonds. The molecule has 0 spiro atoms. The SMILES string of the molecule is N#Cc1cnc2cc(OC3CCOC3)c(N)cc2c1Nc1cnc(CC(=O)c2ccccc2)nc1. The molecule has 1 unspecified atom stereocenters. The maximum absolute atomic E-state index is 12.4. The number of carbonyl (C=O) groups excluding carboxylic acids is 1. The standard InChI is InChI=1S/C26H22N6O3/c27-11-17-12-29-22-9-24(35-19-6-7-34-15-19)21(28)8-20(22)26(17)32-18-13-30-25(31-14-18)10-23(33)16-4-2-1-3-5-16/h1-5,8-9,12-14,19H,6-7,10,15,28H2,(H,29,32). The van der Waals surface area contributed by atoms with Crippen molar-refractivity contribution in [2.75, 3.05) is 24.3 Å². The molecule has 2 aromatic carbocycles. The van der Waals surface area contributed by atoms with Crippen LogP contribution in [0.15, 0.2) is 61.1 Å². The van der Waals surface area contributed by atoms with Crippen molar-refractivity contribution in [3.05, 3.63) is 78.0 Å². The second-order valence-corrected chi connectivity index (χ2v) is 8.15. The summed E-state index contributed by atoms with van der Waals surface area (Å²) in [6, 6.07) is 14.7. The third-order valence-corrected chi connectivity index (χ3v) is 5.69. The summed E-state index contributed by atoms with van der Waals surface area (Å²) in [4.78, 5) is 25.5. The average Bonchev–Trinajstić information content (AvgIpc) is 3.40. The highest BCUT2D eigenvalue weighted by atomic mass is 16.5. The summed E-state index contributed by atoms with van der Waals surface area (Å²) in [6.07, 6.45) is 5.51. The Hall–Kier alpha value is -4.55. The lowest BCUT2D eigenvalue weighted by Gasteiger charge is -2.16. The van der Waals surface area contributed by atoms with E-state index >= 15 is 0 Å². The summed E-state index contributed by atoms with van der Waals surface area (Å²) >= 11 is 0. The predicted octanol–water partition coefficient (Wildman–Crippen LogP) is 3.82. The maximum atomic E-state index is 12.4. The first-order chi connectivity index (χ1) is 17.1. The highest BCUT2D eigenvalue weighted by molar-refractivity contribution is 5.99. The van der Waals surface area contributed by atoms with Crippen LogP contribution in [0.2, 0.25) is 0 Å². The summed E-state index contributed by atoms with van der Waals surface area (Å²) in [5.74, 6) is 0.884. The van der Waals surface area contributed by atoms with E-state index in [1.807, 2.05) is 18.2 Å². The third-order valence-electron chi connectivity index (χ3n) is 5.69. The van der Waals surface area contributed by atoms with Crippen LogP contribution in [0.25, 0.3) is 10.9 Å². The number of carbonyl (C=O) groups is 1. The molecule has 9 nitrogen and oxygen atoms in total. The molecule has 2 aromatic heterocycles. The topological polar surface area (TPSA) is 136 Å². The van der Waals surface area contributed by atoms with E-state index < -0.39 is 0 Å². The molecule has 1 atom stereocenters. The van der Waals surface area contributed by atoms with Gasteiger partial charge in [0.2, 0.25) is 0 Å². The van der Waals surface area contributed by atoms with Crippen molar-refractivity contribution in [3.8, 4) is 11.8 Å². The van der Waals surface area contributed by atoms with E-state index in [0.717, 1.165) is 6.42 Å². The van der Waals surface area contributed by atoms with Gasteiger partial charge in [-0.2, -0.15) is 5.26 Å². The number of nitrogen functional groups attached to an aromatic ring is 1. The fourth-order valence-electron chi connectivity index (χ4n) is 3.87. The summed E-state index contributed by atoms with van der Waals surface area (Å²) in [5.41, 5.74) is 9.40. The summed E-state index contributed by atoms with van der Waals surface area (Å²) in [6.45, 7) is 1.19. The lowest BCUT2D eigenvalue weighted by atomic mass is 10.1. The fourth-order valence-corrected chi connectivity index (χ4v) is 3.87. The lowest BCUT2D eigenvalue weighted by molar-refractivity contribution is 0.0990. The van der Waals surface area contributed by atoms with Crippen molar-refractivity contribution in [3.63, 3.8) is 0 Å². The molecule has 0 aliphatic carbocycles. The van der Waals surface area contributed by atoms with Crippen LogP contribution in [0.4, 0.5) is 17.1 Å². The van der Waals surface area contributed by atoms with Gasteiger partial charge in [-0.15, -0.1) is 0 Å². The van der Waals surface area contributed by atoms with Crippen LogP contribution < -0.4 is 15.8 Å². The van der Waals surface area contributed by atoms with E-state index in [9.17, 15) is 10.1 Å². The molecule has 5 rings (SSSR count). The molecule has 174 valence electrons. The molecule has 1 fully saturated rings. The Kier molecular flexibility index (Phi) is 6.20. The molecule has 3 N–H and O–H groups in total. The number of pyridine rings is 1. The Labute approximate surface area is 201 Å². The molecule has 3 heterocycles. The zero-order valence-corrected chi connectivity index (χ0v) is 18.8.